The highest BCUT2D eigenvalue weighted by Crippen LogP contribution is 2.34. The van der Waals surface area contributed by atoms with Crippen molar-refractivity contribution in [2.24, 2.45) is 0 Å². The van der Waals surface area contributed by atoms with E-state index in [1.54, 1.807) is 14.2 Å². The molecule has 0 spiro atoms. The number of benzene rings is 1. The van der Waals surface area contributed by atoms with E-state index in [4.69, 9.17) is 21.7 Å². The van der Waals surface area contributed by atoms with Crippen molar-refractivity contribution in [3.63, 3.8) is 0 Å². The molecule has 1 aliphatic heterocycles. The third kappa shape index (κ3) is 2.81. The molecule has 1 aliphatic rings. The first-order chi connectivity index (χ1) is 9.19. The van der Waals surface area contributed by atoms with Crippen molar-refractivity contribution < 1.29 is 9.47 Å². The van der Waals surface area contributed by atoms with Crippen molar-refractivity contribution in [2.75, 3.05) is 27.8 Å². The summed E-state index contributed by atoms with van der Waals surface area (Å²) in [5, 5.41) is 6.32. The second-order valence-electron chi connectivity index (χ2n) is 4.21. The second-order valence-corrected chi connectivity index (χ2v) is 4.65. The lowest BCUT2D eigenvalue weighted by molar-refractivity contribution is 0.354. The minimum Gasteiger partial charge on any atom is -0.493 e. The molecule has 19 heavy (non-hydrogen) atoms. The van der Waals surface area contributed by atoms with Gasteiger partial charge in [-0.3, -0.25) is 0 Å². The second kappa shape index (κ2) is 5.93. The number of methoxy groups -OCH3 is 2. The molecule has 1 aromatic rings. The molecule has 0 unspecified atom stereocenters. The van der Waals surface area contributed by atoms with E-state index in [9.17, 15) is 0 Å². The van der Waals surface area contributed by atoms with E-state index in [2.05, 4.69) is 10.6 Å². The third-order valence-corrected chi connectivity index (χ3v) is 3.45. The van der Waals surface area contributed by atoms with Gasteiger partial charge in [0.05, 0.1) is 14.2 Å². The van der Waals surface area contributed by atoms with Crippen molar-refractivity contribution in [1.82, 2.24) is 10.6 Å². The Kier molecular flexibility index (Phi) is 4.27. The maximum absolute atomic E-state index is 5.35. The summed E-state index contributed by atoms with van der Waals surface area (Å²) in [6.45, 7) is 0.890. The van der Waals surface area contributed by atoms with Crippen LogP contribution in [0.25, 0.3) is 5.70 Å². The molecule has 2 rings (SSSR count). The van der Waals surface area contributed by atoms with Crippen molar-refractivity contribution >= 4 is 22.9 Å². The Hall–Kier alpha value is -1.75. The number of nitrogens with one attached hydrogen (secondary N) is 2. The number of fused-ring (bicyclic) bond motifs is 1. The molecule has 0 aromatic heterocycles. The van der Waals surface area contributed by atoms with Crippen LogP contribution in [0.3, 0.4) is 0 Å². The quantitative estimate of drug-likeness (QED) is 0.651. The van der Waals surface area contributed by atoms with Crippen LogP contribution in [0.4, 0.5) is 0 Å². The molecule has 0 bridgehead atoms. The van der Waals surface area contributed by atoms with Gasteiger partial charge in [0.2, 0.25) is 0 Å². The first-order valence-corrected chi connectivity index (χ1v) is 6.53. The molecule has 5 heteroatoms. The molecule has 0 amide bonds. The Morgan fingerprint density at radius 1 is 1.32 bits per heavy atom. The molecule has 0 saturated carbocycles. The summed E-state index contributed by atoms with van der Waals surface area (Å²) in [5.74, 6) is 1.49. The Balaban J connectivity index is 2.49. The topological polar surface area (TPSA) is 42.5 Å². The van der Waals surface area contributed by atoms with Crippen LogP contribution in [-0.2, 0) is 6.42 Å². The minimum atomic E-state index is 0.699. The van der Waals surface area contributed by atoms with Crippen molar-refractivity contribution in [1.29, 1.82) is 0 Å². The Morgan fingerprint density at radius 3 is 2.63 bits per heavy atom. The zero-order valence-corrected chi connectivity index (χ0v) is 12.2. The average molecular weight is 278 g/mol. The fraction of sp³-hybridized carbons (Fsp3) is 0.357. The van der Waals surface area contributed by atoms with E-state index in [0.717, 1.165) is 35.7 Å². The van der Waals surface area contributed by atoms with Crippen molar-refractivity contribution in [3.8, 4) is 11.5 Å². The standard InChI is InChI=1S/C14H18N2O2S/c1-15-14(19)8-11-10-7-13(18-3)12(17-2)6-9(10)4-5-16-11/h6-8,16H,4-5H2,1-3H3,(H,15,19). The van der Waals surface area contributed by atoms with Gasteiger partial charge >= 0.3 is 0 Å². The summed E-state index contributed by atoms with van der Waals surface area (Å²) < 4.78 is 10.7. The molecular weight excluding hydrogens is 260 g/mol. The van der Waals surface area contributed by atoms with Gasteiger partial charge in [-0.2, -0.15) is 0 Å². The molecule has 0 saturated heterocycles. The van der Waals surface area contributed by atoms with Crippen LogP contribution in [0.2, 0.25) is 0 Å². The molecule has 102 valence electrons. The zero-order chi connectivity index (χ0) is 13.8. The number of hydrogen-bond acceptors (Lipinski definition) is 4. The van der Waals surface area contributed by atoms with Crippen LogP contribution in [0.15, 0.2) is 18.2 Å². The fourth-order valence-corrected chi connectivity index (χ4v) is 2.26. The average Bonchev–Trinajstić information content (AvgIpc) is 2.45. The van der Waals surface area contributed by atoms with Gasteiger partial charge in [0.1, 0.15) is 4.99 Å². The first kappa shape index (κ1) is 13.7. The van der Waals surface area contributed by atoms with Gasteiger partial charge in [-0.25, -0.2) is 0 Å². The summed E-state index contributed by atoms with van der Waals surface area (Å²) in [4.78, 5) is 0.699. The molecule has 0 radical (unpaired) electrons. The maximum Gasteiger partial charge on any atom is 0.161 e. The molecule has 1 heterocycles. The summed E-state index contributed by atoms with van der Waals surface area (Å²) in [6.07, 6.45) is 2.89. The van der Waals surface area contributed by atoms with Crippen LogP contribution in [0.5, 0.6) is 11.5 Å². The van der Waals surface area contributed by atoms with Crippen LogP contribution in [0.1, 0.15) is 11.1 Å². The summed E-state index contributed by atoms with van der Waals surface area (Å²) in [7, 11) is 5.11. The zero-order valence-electron chi connectivity index (χ0n) is 11.4. The van der Waals surface area contributed by atoms with Crippen LogP contribution in [-0.4, -0.2) is 32.8 Å². The van der Waals surface area contributed by atoms with Crippen molar-refractivity contribution in [3.05, 3.63) is 29.3 Å². The van der Waals surface area contributed by atoms with Gasteiger partial charge in [-0.05, 0) is 30.2 Å². The first-order valence-electron chi connectivity index (χ1n) is 6.12. The fourth-order valence-electron chi connectivity index (χ4n) is 2.14. The lowest BCUT2D eigenvalue weighted by Gasteiger charge is -2.23. The molecule has 0 aliphatic carbocycles. The highest BCUT2D eigenvalue weighted by Gasteiger charge is 2.18. The van der Waals surface area contributed by atoms with Gasteiger partial charge in [-0.15, -0.1) is 0 Å². The molecule has 4 nitrogen and oxygen atoms in total. The summed E-state index contributed by atoms with van der Waals surface area (Å²) in [6, 6.07) is 4.02. The monoisotopic (exact) mass is 278 g/mol. The maximum atomic E-state index is 5.35. The van der Waals surface area contributed by atoms with Gasteiger partial charge < -0.3 is 20.1 Å². The number of hydrogen-bond donors (Lipinski definition) is 2. The van der Waals surface area contributed by atoms with Gasteiger partial charge in [-0.1, -0.05) is 12.2 Å². The lowest BCUT2D eigenvalue weighted by atomic mass is 9.97. The smallest absolute Gasteiger partial charge is 0.161 e. The number of likely N-dealkylation sites (N-methyl/N-ethyl adjacent to an activating group) is 1. The highest BCUT2D eigenvalue weighted by molar-refractivity contribution is 7.80. The summed E-state index contributed by atoms with van der Waals surface area (Å²) >= 11 is 5.19. The van der Waals surface area contributed by atoms with E-state index in [1.807, 2.05) is 25.3 Å². The van der Waals surface area contributed by atoms with Crippen LogP contribution in [0, 0.1) is 0 Å². The predicted molar refractivity (Wildman–Crippen MR) is 80.9 cm³/mol. The lowest BCUT2D eigenvalue weighted by Crippen LogP contribution is -2.25. The van der Waals surface area contributed by atoms with Crippen LogP contribution >= 0.6 is 12.2 Å². The summed E-state index contributed by atoms with van der Waals surface area (Å²) in [5.41, 5.74) is 3.37. The van der Waals surface area contributed by atoms with E-state index < -0.39 is 0 Å². The largest absolute Gasteiger partial charge is 0.493 e. The highest BCUT2D eigenvalue weighted by atomic mass is 32.1. The van der Waals surface area contributed by atoms with E-state index in [1.165, 1.54) is 5.56 Å². The van der Waals surface area contributed by atoms with Gasteiger partial charge in [0.15, 0.2) is 11.5 Å². The molecule has 1 aromatic carbocycles. The van der Waals surface area contributed by atoms with Gasteiger partial charge in [0, 0.05) is 24.9 Å². The normalized spacial score (nSPS) is 15.4. The Morgan fingerprint density at radius 2 is 2.00 bits per heavy atom. The molecule has 0 atom stereocenters. The predicted octanol–water partition coefficient (Wildman–Crippen LogP) is 1.74. The molecule has 0 fully saturated rings. The molecular formula is C14H18N2O2S. The Bertz CT molecular complexity index is 526. The third-order valence-electron chi connectivity index (χ3n) is 3.13. The van der Waals surface area contributed by atoms with Crippen LogP contribution < -0.4 is 20.1 Å². The van der Waals surface area contributed by atoms with E-state index in [-0.39, 0.29) is 0 Å². The number of ether oxygens (including phenoxy) is 2. The number of rotatable bonds is 3. The van der Waals surface area contributed by atoms with Crippen molar-refractivity contribution in [2.45, 2.75) is 6.42 Å². The Labute approximate surface area is 118 Å². The van der Waals surface area contributed by atoms with E-state index in [0.29, 0.717) is 4.99 Å². The molecule has 2 N–H and O–H groups in total. The number of thiocarbonyl (C=S) groups is 1. The van der Waals surface area contributed by atoms with Gasteiger partial charge in [0.25, 0.3) is 0 Å². The minimum absolute atomic E-state index is 0.699. The van der Waals surface area contributed by atoms with E-state index >= 15 is 0 Å². The SMILES string of the molecule is CNC(=S)C=C1NCCc2cc(OC)c(OC)cc21.